The van der Waals surface area contributed by atoms with Crippen molar-refractivity contribution < 1.29 is 4.79 Å². The van der Waals surface area contributed by atoms with Gasteiger partial charge in [-0.15, -0.1) is 0 Å². The first kappa shape index (κ1) is 31.0. The van der Waals surface area contributed by atoms with Gasteiger partial charge in [-0.25, -0.2) is 0 Å². The zero-order valence-electron chi connectivity index (χ0n) is 24.2. The fraction of sp³-hybridized carbons (Fsp3) is 0.594. The van der Waals surface area contributed by atoms with Gasteiger partial charge in [-0.1, -0.05) is 94.8 Å². The summed E-state index contributed by atoms with van der Waals surface area (Å²) >= 11 is 0. The Balaban J connectivity index is 1.86. The number of unbranched alkanes of at least 4 members (excludes halogenated alkanes) is 1. The van der Waals surface area contributed by atoms with Crippen LogP contribution in [-0.4, -0.2) is 85.6 Å². The van der Waals surface area contributed by atoms with Crippen LogP contribution < -0.4 is 5.32 Å². The summed E-state index contributed by atoms with van der Waals surface area (Å²) in [5.41, 5.74) is 2.08. The second kappa shape index (κ2) is 18.1. The van der Waals surface area contributed by atoms with Crippen LogP contribution in [0.25, 0.3) is 0 Å². The van der Waals surface area contributed by atoms with E-state index in [2.05, 4.69) is 54.6 Å². The van der Waals surface area contributed by atoms with E-state index in [-0.39, 0.29) is 11.8 Å². The standard InChI is InChI=1S/C32H52N4O/c1-6-34(7-2)24-26-36(27-25-35(8-3)9-4)28(5)18-16-17-23-33-32(37)31(29-19-12-10-13-20-29)30-21-14-11-15-22-30/h10-15,19-22,28,31H,6-9,16-18,23-27H2,1-5H3,(H,33,37). The number of hydrogen-bond donors (Lipinski definition) is 1. The summed E-state index contributed by atoms with van der Waals surface area (Å²) in [5.74, 6) is -0.178. The molecule has 37 heavy (non-hydrogen) atoms. The van der Waals surface area contributed by atoms with E-state index in [1.54, 1.807) is 0 Å². The van der Waals surface area contributed by atoms with Gasteiger partial charge in [-0.05, 0) is 57.1 Å². The third-order valence-electron chi connectivity index (χ3n) is 7.69. The highest BCUT2D eigenvalue weighted by Gasteiger charge is 2.22. The first-order chi connectivity index (χ1) is 18.0. The van der Waals surface area contributed by atoms with Crippen molar-refractivity contribution in [3.63, 3.8) is 0 Å². The minimum Gasteiger partial charge on any atom is -0.355 e. The van der Waals surface area contributed by atoms with Gasteiger partial charge in [0.1, 0.15) is 0 Å². The Morgan fingerprint density at radius 2 is 1.16 bits per heavy atom. The van der Waals surface area contributed by atoms with E-state index in [9.17, 15) is 4.79 Å². The number of rotatable bonds is 19. The molecule has 0 heterocycles. The third-order valence-corrected chi connectivity index (χ3v) is 7.69. The predicted octanol–water partition coefficient (Wildman–Crippen LogP) is 5.48. The number of nitrogens with zero attached hydrogens (tertiary/aromatic N) is 3. The van der Waals surface area contributed by atoms with E-state index in [4.69, 9.17) is 0 Å². The topological polar surface area (TPSA) is 38.8 Å². The predicted molar refractivity (Wildman–Crippen MR) is 158 cm³/mol. The molecule has 2 aromatic carbocycles. The fourth-order valence-electron chi connectivity index (χ4n) is 5.02. The van der Waals surface area contributed by atoms with Crippen LogP contribution in [0.1, 0.15) is 70.9 Å². The lowest BCUT2D eigenvalue weighted by Gasteiger charge is -2.33. The summed E-state index contributed by atoms with van der Waals surface area (Å²) < 4.78 is 0. The minimum absolute atomic E-state index is 0.0884. The molecule has 0 spiro atoms. The lowest BCUT2D eigenvalue weighted by atomic mass is 9.90. The van der Waals surface area contributed by atoms with Crippen molar-refractivity contribution in [1.82, 2.24) is 20.0 Å². The van der Waals surface area contributed by atoms with Crippen LogP contribution in [0.5, 0.6) is 0 Å². The Labute approximate surface area is 227 Å². The molecule has 0 aliphatic carbocycles. The Morgan fingerprint density at radius 3 is 1.59 bits per heavy atom. The van der Waals surface area contributed by atoms with E-state index in [1.165, 1.54) is 0 Å². The van der Waals surface area contributed by atoms with Crippen molar-refractivity contribution in [1.29, 1.82) is 0 Å². The fourth-order valence-corrected chi connectivity index (χ4v) is 5.02. The van der Waals surface area contributed by atoms with Gasteiger partial charge in [0.2, 0.25) is 5.91 Å². The van der Waals surface area contributed by atoms with Crippen LogP contribution in [0.3, 0.4) is 0 Å². The maximum Gasteiger partial charge on any atom is 0.232 e. The zero-order chi connectivity index (χ0) is 26.9. The quantitative estimate of drug-likeness (QED) is 0.255. The average molecular weight is 509 g/mol. The summed E-state index contributed by atoms with van der Waals surface area (Å²) in [4.78, 5) is 20.9. The number of carbonyl (C=O) groups excluding carboxylic acids is 1. The van der Waals surface area contributed by atoms with Gasteiger partial charge in [0.25, 0.3) is 0 Å². The first-order valence-corrected chi connectivity index (χ1v) is 14.6. The second-order valence-electron chi connectivity index (χ2n) is 9.98. The minimum atomic E-state index is -0.267. The van der Waals surface area contributed by atoms with Crippen molar-refractivity contribution in [2.24, 2.45) is 0 Å². The molecule has 0 saturated heterocycles. The van der Waals surface area contributed by atoms with Crippen LogP contribution in [-0.2, 0) is 4.79 Å². The van der Waals surface area contributed by atoms with E-state index >= 15 is 0 Å². The largest absolute Gasteiger partial charge is 0.355 e. The molecule has 0 aromatic heterocycles. The van der Waals surface area contributed by atoms with E-state index in [0.717, 1.165) is 89.3 Å². The van der Waals surface area contributed by atoms with Crippen LogP contribution in [0, 0.1) is 0 Å². The zero-order valence-corrected chi connectivity index (χ0v) is 24.2. The van der Waals surface area contributed by atoms with Crippen molar-refractivity contribution in [3.05, 3.63) is 71.8 Å². The number of amides is 1. The van der Waals surface area contributed by atoms with Crippen LogP contribution >= 0.6 is 0 Å². The van der Waals surface area contributed by atoms with E-state index in [0.29, 0.717) is 6.04 Å². The SMILES string of the molecule is CCN(CC)CCN(CCN(CC)CC)C(C)CCCCNC(=O)C(c1ccccc1)c1ccccc1. The summed E-state index contributed by atoms with van der Waals surface area (Å²) in [6.07, 6.45) is 3.29. The molecule has 5 nitrogen and oxygen atoms in total. The normalized spacial score (nSPS) is 12.6. The lowest BCUT2D eigenvalue weighted by molar-refractivity contribution is -0.121. The van der Waals surface area contributed by atoms with Crippen molar-refractivity contribution in [2.75, 3.05) is 58.9 Å². The van der Waals surface area contributed by atoms with Gasteiger partial charge in [-0.2, -0.15) is 0 Å². The number of hydrogen-bond acceptors (Lipinski definition) is 4. The number of benzene rings is 2. The summed E-state index contributed by atoms with van der Waals surface area (Å²) in [6.45, 7) is 21.1. The van der Waals surface area contributed by atoms with Crippen LogP contribution in [0.4, 0.5) is 0 Å². The molecule has 0 bridgehead atoms. The molecule has 0 radical (unpaired) electrons. The number of nitrogens with one attached hydrogen (secondary N) is 1. The van der Waals surface area contributed by atoms with Gasteiger partial charge in [0.15, 0.2) is 0 Å². The average Bonchev–Trinajstić information content (AvgIpc) is 2.93. The molecule has 0 fully saturated rings. The Bertz CT molecular complexity index is 781. The van der Waals surface area contributed by atoms with Crippen molar-refractivity contribution in [2.45, 2.75) is 65.8 Å². The molecular formula is C32H52N4O. The van der Waals surface area contributed by atoms with E-state index in [1.807, 2.05) is 60.7 Å². The molecule has 0 aliphatic heterocycles. The highest BCUT2D eigenvalue weighted by Crippen LogP contribution is 2.24. The van der Waals surface area contributed by atoms with Gasteiger partial charge in [-0.3, -0.25) is 9.69 Å². The van der Waals surface area contributed by atoms with Gasteiger partial charge >= 0.3 is 0 Å². The molecule has 5 heteroatoms. The number of carbonyl (C=O) groups is 1. The first-order valence-electron chi connectivity index (χ1n) is 14.6. The molecule has 206 valence electrons. The Morgan fingerprint density at radius 1 is 0.703 bits per heavy atom. The lowest BCUT2D eigenvalue weighted by Crippen LogP contribution is -2.44. The third kappa shape index (κ3) is 11.0. The van der Waals surface area contributed by atoms with E-state index < -0.39 is 0 Å². The Hall–Kier alpha value is -2.21. The monoisotopic (exact) mass is 508 g/mol. The summed E-state index contributed by atoms with van der Waals surface area (Å²) in [6, 6.07) is 20.7. The molecule has 1 N–H and O–H groups in total. The molecule has 2 aromatic rings. The number of likely N-dealkylation sites (N-methyl/N-ethyl adjacent to an activating group) is 2. The molecule has 0 aliphatic rings. The van der Waals surface area contributed by atoms with Crippen molar-refractivity contribution in [3.8, 4) is 0 Å². The highest BCUT2D eigenvalue weighted by molar-refractivity contribution is 5.87. The maximum absolute atomic E-state index is 13.2. The van der Waals surface area contributed by atoms with Crippen LogP contribution in [0.15, 0.2) is 60.7 Å². The van der Waals surface area contributed by atoms with Gasteiger partial charge in [0.05, 0.1) is 5.92 Å². The molecule has 1 atom stereocenters. The van der Waals surface area contributed by atoms with Gasteiger partial charge < -0.3 is 15.1 Å². The summed E-state index contributed by atoms with van der Waals surface area (Å²) in [7, 11) is 0. The molecule has 2 rings (SSSR count). The molecule has 1 unspecified atom stereocenters. The maximum atomic E-state index is 13.2. The summed E-state index contributed by atoms with van der Waals surface area (Å²) in [5, 5.41) is 3.23. The smallest absolute Gasteiger partial charge is 0.232 e. The Kier molecular flexibility index (Phi) is 15.2. The van der Waals surface area contributed by atoms with Crippen LogP contribution in [0.2, 0.25) is 0 Å². The van der Waals surface area contributed by atoms with Crippen molar-refractivity contribution >= 4 is 5.91 Å². The second-order valence-corrected chi connectivity index (χ2v) is 9.98. The molecule has 0 saturated carbocycles. The molecule has 1 amide bonds. The van der Waals surface area contributed by atoms with Gasteiger partial charge in [0, 0.05) is 38.8 Å². The highest BCUT2D eigenvalue weighted by atomic mass is 16.1. The molecular weight excluding hydrogens is 456 g/mol.